The maximum Gasteiger partial charge on any atom is 0.254 e. The Balaban J connectivity index is 2.17. The van der Waals surface area contributed by atoms with Crippen molar-refractivity contribution in [3.05, 3.63) is 23.4 Å². The van der Waals surface area contributed by atoms with Crippen molar-refractivity contribution >= 4 is 11.7 Å². The highest BCUT2D eigenvalue weighted by Crippen LogP contribution is 2.16. The molecule has 1 amide bonds. The molecule has 2 rings (SSSR count). The van der Waals surface area contributed by atoms with Gasteiger partial charge in [-0.1, -0.05) is 13.8 Å². The van der Waals surface area contributed by atoms with E-state index in [1.807, 2.05) is 17.9 Å². The monoisotopic (exact) mass is 276 g/mol. The average molecular weight is 276 g/mol. The maximum atomic E-state index is 12.6. The van der Waals surface area contributed by atoms with Gasteiger partial charge in [-0.15, -0.1) is 0 Å². The van der Waals surface area contributed by atoms with Gasteiger partial charge in [0.2, 0.25) is 0 Å². The lowest BCUT2D eigenvalue weighted by atomic mass is 10.1. The molecule has 0 spiro atoms. The van der Waals surface area contributed by atoms with Crippen molar-refractivity contribution in [3.8, 4) is 0 Å². The minimum absolute atomic E-state index is 0.0698. The predicted octanol–water partition coefficient (Wildman–Crippen LogP) is 1.39. The Hall–Kier alpha value is -1.62. The fraction of sp³-hybridized carbons (Fsp3) is 0.600. The Kier molecular flexibility index (Phi) is 4.60. The van der Waals surface area contributed by atoms with Crippen LogP contribution in [-0.4, -0.2) is 53.4 Å². The summed E-state index contributed by atoms with van der Waals surface area (Å²) in [6.45, 7) is 6.66. The Labute approximate surface area is 120 Å². The molecule has 110 valence electrons. The molecule has 1 aliphatic heterocycles. The van der Waals surface area contributed by atoms with Gasteiger partial charge in [-0.3, -0.25) is 9.69 Å². The molecule has 1 unspecified atom stereocenters. The fourth-order valence-electron chi connectivity index (χ4n) is 2.67. The molecule has 0 saturated carbocycles. The van der Waals surface area contributed by atoms with Gasteiger partial charge in [-0.25, -0.2) is 4.98 Å². The molecule has 1 aromatic rings. The number of aryl methyl sites for hydroxylation is 1. The molecule has 0 aliphatic carbocycles. The minimum Gasteiger partial charge on any atom is -0.384 e. The number of hydrogen-bond acceptors (Lipinski definition) is 4. The molecule has 1 aromatic heterocycles. The van der Waals surface area contributed by atoms with Gasteiger partial charge in [0.05, 0.1) is 0 Å². The molecule has 1 aliphatic rings. The number of nitrogens with two attached hydrogens (primary N) is 1. The van der Waals surface area contributed by atoms with Gasteiger partial charge in [-0.05, 0) is 32.0 Å². The van der Waals surface area contributed by atoms with E-state index in [9.17, 15) is 4.79 Å². The van der Waals surface area contributed by atoms with Crippen LogP contribution < -0.4 is 5.73 Å². The first kappa shape index (κ1) is 14.8. The van der Waals surface area contributed by atoms with Crippen LogP contribution in [0.2, 0.25) is 0 Å². The molecule has 1 atom stereocenters. The van der Waals surface area contributed by atoms with Crippen molar-refractivity contribution in [3.63, 3.8) is 0 Å². The van der Waals surface area contributed by atoms with Gasteiger partial charge < -0.3 is 10.6 Å². The van der Waals surface area contributed by atoms with E-state index >= 15 is 0 Å². The summed E-state index contributed by atoms with van der Waals surface area (Å²) in [5.74, 6) is 0.495. The van der Waals surface area contributed by atoms with E-state index in [-0.39, 0.29) is 5.91 Å². The van der Waals surface area contributed by atoms with Gasteiger partial charge in [0.15, 0.2) is 0 Å². The van der Waals surface area contributed by atoms with Crippen molar-refractivity contribution < 1.29 is 4.79 Å². The van der Waals surface area contributed by atoms with Crippen LogP contribution in [0.5, 0.6) is 0 Å². The Morgan fingerprint density at radius 3 is 2.80 bits per heavy atom. The average Bonchev–Trinajstić information content (AvgIpc) is 2.46. The molecule has 2 N–H and O–H groups in total. The van der Waals surface area contributed by atoms with Gasteiger partial charge in [-0.2, -0.15) is 0 Å². The van der Waals surface area contributed by atoms with Gasteiger partial charge in [0.1, 0.15) is 5.82 Å². The van der Waals surface area contributed by atoms with Crippen LogP contribution in [0.1, 0.15) is 36.3 Å². The highest BCUT2D eigenvalue weighted by atomic mass is 16.2. The molecule has 1 fully saturated rings. The van der Waals surface area contributed by atoms with Crippen molar-refractivity contribution in [1.29, 1.82) is 0 Å². The van der Waals surface area contributed by atoms with Crippen molar-refractivity contribution in [1.82, 2.24) is 14.8 Å². The molecule has 2 heterocycles. The summed E-state index contributed by atoms with van der Waals surface area (Å²) in [4.78, 5) is 21.1. The zero-order valence-electron chi connectivity index (χ0n) is 12.6. The summed E-state index contributed by atoms with van der Waals surface area (Å²) < 4.78 is 0. The molecule has 5 nitrogen and oxygen atoms in total. The standard InChI is InChI=1S/C15H24N4O/c1-4-12-8-11(9-14(16)17-12)15(20)19-7-6-18(3)13(5-2)10-19/h8-9,13H,4-7,10H2,1-3H3,(H2,16,17). The van der Waals surface area contributed by atoms with Crippen molar-refractivity contribution in [2.24, 2.45) is 0 Å². The highest BCUT2D eigenvalue weighted by Gasteiger charge is 2.27. The van der Waals surface area contributed by atoms with E-state index in [1.165, 1.54) is 0 Å². The lowest BCUT2D eigenvalue weighted by Crippen LogP contribution is -2.53. The lowest BCUT2D eigenvalue weighted by Gasteiger charge is -2.39. The van der Waals surface area contributed by atoms with E-state index in [0.717, 1.165) is 38.2 Å². The zero-order valence-corrected chi connectivity index (χ0v) is 12.6. The summed E-state index contributed by atoms with van der Waals surface area (Å²) in [5, 5.41) is 0. The number of aromatic nitrogens is 1. The van der Waals surface area contributed by atoms with E-state index in [2.05, 4.69) is 23.9 Å². The Morgan fingerprint density at radius 2 is 2.15 bits per heavy atom. The second-order valence-electron chi connectivity index (χ2n) is 5.42. The first-order chi connectivity index (χ1) is 9.55. The SMILES string of the molecule is CCc1cc(C(=O)N2CCN(C)C(CC)C2)cc(N)n1. The van der Waals surface area contributed by atoms with E-state index in [0.29, 0.717) is 17.4 Å². The van der Waals surface area contributed by atoms with Crippen LogP contribution in [0.15, 0.2) is 12.1 Å². The zero-order chi connectivity index (χ0) is 14.7. The van der Waals surface area contributed by atoms with Gasteiger partial charge in [0.25, 0.3) is 5.91 Å². The van der Waals surface area contributed by atoms with Crippen LogP contribution in [0.3, 0.4) is 0 Å². The molecular formula is C15H24N4O. The topological polar surface area (TPSA) is 62.5 Å². The number of rotatable bonds is 3. The normalized spacial score (nSPS) is 20.1. The number of hydrogen-bond donors (Lipinski definition) is 1. The number of nitrogen functional groups attached to an aromatic ring is 1. The third-order valence-corrected chi connectivity index (χ3v) is 4.04. The number of piperazine rings is 1. The van der Waals surface area contributed by atoms with Crippen LogP contribution in [0, 0.1) is 0 Å². The smallest absolute Gasteiger partial charge is 0.254 e. The first-order valence-electron chi connectivity index (χ1n) is 7.31. The number of pyridine rings is 1. The van der Waals surface area contributed by atoms with E-state index < -0.39 is 0 Å². The first-order valence-corrected chi connectivity index (χ1v) is 7.31. The Bertz CT molecular complexity index is 489. The Morgan fingerprint density at radius 1 is 1.40 bits per heavy atom. The molecule has 0 radical (unpaired) electrons. The summed E-state index contributed by atoms with van der Waals surface area (Å²) in [7, 11) is 2.12. The number of carbonyl (C=O) groups is 1. The number of amides is 1. The number of carbonyl (C=O) groups excluding carboxylic acids is 1. The molecule has 1 saturated heterocycles. The summed E-state index contributed by atoms with van der Waals surface area (Å²) in [6.07, 6.45) is 1.84. The lowest BCUT2D eigenvalue weighted by molar-refractivity contribution is 0.0541. The second-order valence-corrected chi connectivity index (χ2v) is 5.42. The molecule has 5 heteroatoms. The van der Waals surface area contributed by atoms with Crippen molar-refractivity contribution in [2.45, 2.75) is 32.7 Å². The predicted molar refractivity (Wildman–Crippen MR) is 80.6 cm³/mol. The molecular weight excluding hydrogens is 252 g/mol. The number of anilines is 1. The van der Waals surface area contributed by atoms with Crippen LogP contribution in [0.4, 0.5) is 5.82 Å². The number of nitrogens with zero attached hydrogens (tertiary/aromatic N) is 3. The van der Waals surface area contributed by atoms with Gasteiger partial charge in [0, 0.05) is 36.9 Å². The van der Waals surface area contributed by atoms with E-state index in [1.54, 1.807) is 6.07 Å². The van der Waals surface area contributed by atoms with Crippen LogP contribution >= 0.6 is 0 Å². The van der Waals surface area contributed by atoms with Crippen LogP contribution in [0.25, 0.3) is 0 Å². The maximum absolute atomic E-state index is 12.6. The molecule has 0 aromatic carbocycles. The summed E-state index contributed by atoms with van der Waals surface area (Å²) in [6, 6.07) is 3.98. The number of likely N-dealkylation sites (N-methyl/N-ethyl adjacent to an activating group) is 1. The minimum atomic E-state index is 0.0698. The molecule has 20 heavy (non-hydrogen) atoms. The fourth-order valence-corrected chi connectivity index (χ4v) is 2.67. The van der Waals surface area contributed by atoms with Gasteiger partial charge >= 0.3 is 0 Å². The quantitative estimate of drug-likeness (QED) is 0.906. The van der Waals surface area contributed by atoms with Crippen LogP contribution in [-0.2, 0) is 6.42 Å². The molecule has 0 bridgehead atoms. The van der Waals surface area contributed by atoms with E-state index in [4.69, 9.17) is 5.73 Å². The summed E-state index contributed by atoms with van der Waals surface area (Å²) >= 11 is 0. The third-order valence-electron chi connectivity index (χ3n) is 4.04. The summed E-state index contributed by atoms with van der Waals surface area (Å²) in [5.41, 5.74) is 7.32. The largest absolute Gasteiger partial charge is 0.384 e. The third kappa shape index (κ3) is 3.10. The highest BCUT2D eigenvalue weighted by molar-refractivity contribution is 5.95. The second kappa shape index (κ2) is 6.22. The van der Waals surface area contributed by atoms with Crippen molar-refractivity contribution in [2.75, 3.05) is 32.4 Å².